The maximum Gasteiger partial charge on any atom is 0.315 e. The number of hydrogen-bond donors (Lipinski definition) is 2. The molecule has 1 aliphatic rings. The first kappa shape index (κ1) is 16.6. The highest BCUT2D eigenvalue weighted by Crippen LogP contribution is 2.37. The van der Waals surface area contributed by atoms with Crippen LogP contribution in [0.15, 0.2) is 34.7 Å². The van der Waals surface area contributed by atoms with Gasteiger partial charge in [0.05, 0.1) is 6.04 Å². The van der Waals surface area contributed by atoms with Gasteiger partial charge in [0, 0.05) is 12.1 Å². The number of benzene rings is 1. The molecule has 24 heavy (non-hydrogen) atoms. The number of carbonyl (C=O) groups excluding carboxylic acids is 1. The lowest BCUT2D eigenvalue weighted by Gasteiger charge is -2.34. The lowest BCUT2D eigenvalue weighted by molar-refractivity contribution is 0.207. The Morgan fingerprint density at radius 3 is 2.54 bits per heavy atom. The minimum absolute atomic E-state index is 0.0773. The maximum atomic E-state index is 13.1. The van der Waals surface area contributed by atoms with Gasteiger partial charge in [-0.05, 0) is 56.4 Å². The number of aryl methyl sites for hydroxylation is 2. The number of urea groups is 1. The van der Waals surface area contributed by atoms with Crippen molar-refractivity contribution in [1.29, 1.82) is 0 Å². The molecule has 3 rings (SSSR count). The first-order valence-electron chi connectivity index (χ1n) is 8.38. The zero-order chi connectivity index (χ0) is 17.1. The van der Waals surface area contributed by atoms with Crippen LogP contribution in [0.2, 0.25) is 0 Å². The normalized spacial score (nSPS) is 15.6. The molecule has 1 atom stereocenters. The second kappa shape index (κ2) is 7.07. The van der Waals surface area contributed by atoms with Crippen molar-refractivity contribution in [3.63, 3.8) is 0 Å². The van der Waals surface area contributed by atoms with Crippen molar-refractivity contribution >= 4 is 6.03 Å². The van der Waals surface area contributed by atoms with Gasteiger partial charge in [0.25, 0.3) is 0 Å². The van der Waals surface area contributed by atoms with Crippen LogP contribution >= 0.6 is 0 Å². The second-order valence-corrected chi connectivity index (χ2v) is 6.49. The minimum Gasteiger partial charge on any atom is -0.466 e. The van der Waals surface area contributed by atoms with Gasteiger partial charge in [-0.15, -0.1) is 0 Å². The Kier molecular flexibility index (Phi) is 4.88. The quantitative estimate of drug-likeness (QED) is 0.855. The van der Waals surface area contributed by atoms with Gasteiger partial charge in [-0.2, -0.15) is 0 Å². The van der Waals surface area contributed by atoms with Crippen LogP contribution in [0.3, 0.4) is 0 Å². The van der Waals surface area contributed by atoms with Crippen LogP contribution in [0.5, 0.6) is 0 Å². The van der Waals surface area contributed by atoms with E-state index in [4.69, 9.17) is 4.42 Å². The first-order valence-corrected chi connectivity index (χ1v) is 8.38. The fraction of sp³-hybridized carbons (Fsp3) is 0.421. The first-order chi connectivity index (χ1) is 11.5. The summed E-state index contributed by atoms with van der Waals surface area (Å²) in [5.41, 5.74) is 1.93. The number of hydrogen-bond acceptors (Lipinski definition) is 2. The summed E-state index contributed by atoms with van der Waals surface area (Å²) < 4.78 is 18.6. The van der Waals surface area contributed by atoms with Crippen molar-refractivity contribution in [2.45, 2.75) is 45.7 Å². The number of amides is 2. The fourth-order valence-electron chi connectivity index (χ4n) is 3.14. The van der Waals surface area contributed by atoms with Gasteiger partial charge < -0.3 is 15.1 Å². The van der Waals surface area contributed by atoms with Crippen LogP contribution < -0.4 is 10.6 Å². The Balaban J connectivity index is 1.62. The molecule has 0 aliphatic heterocycles. The average molecular weight is 330 g/mol. The maximum absolute atomic E-state index is 13.1. The highest BCUT2D eigenvalue weighted by atomic mass is 19.1. The second-order valence-electron chi connectivity index (χ2n) is 6.49. The molecule has 1 aliphatic carbocycles. The standard InChI is InChI=1S/C19H23FN2O2/c1-12-10-16(13(2)24-12)11-21-19(23)22-18(14-4-3-5-14)15-6-8-17(20)9-7-15/h6-10,14,18H,3-5,11H2,1-2H3,(H2,21,22,23). The molecule has 0 radical (unpaired) electrons. The van der Waals surface area contributed by atoms with Crippen LogP contribution in [0.4, 0.5) is 9.18 Å². The van der Waals surface area contributed by atoms with Crippen molar-refractivity contribution in [2.24, 2.45) is 5.92 Å². The molecule has 0 saturated heterocycles. The number of carbonyl (C=O) groups is 1. The highest BCUT2D eigenvalue weighted by molar-refractivity contribution is 5.74. The summed E-state index contributed by atoms with van der Waals surface area (Å²) in [6, 6.07) is 8.03. The van der Waals surface area contributed by atoms with Gasteiger partial charge in [0.2, 0.25) is 0 Å². The van der Waals surface area contributed by atoms with E-state index in [0.29, 0.717) is 12.5 Å². The summed E-state index contributed by atoms with van der Waals surface area (Å²) in [5.74, 6) is 1.81. The van der Waals surface area contributed by atoms with Crippen LogP contribution in [-0.2, 0) is 6.54 Å². The van der Waals surface area contributed by atoms with Crippen molar-refractivity contribution in [1.82, 2.24) is 10.6 Å². The zero-order valence-corrected chi connectivity index (χ0v) is 14.1. The molecule has 1 heterocycles. The van der Waals surface area contributed by atoms with E-state index >= 15 is 0 Å². The molecule has 1 aromatic carbocycles. The molecule has 0 bridgehead atoms. The molecule has 1 fully saturated rings. The number of halogens is 1. The minimum atomic E-state index is -0.263. The van der Waals surface area contributed by atoms with E-state index in [9.17, 15) is 9.18 Å². The lowest BCUT2D eigenvalue weighted by atomic mass is 9.77. The highest BCUT2D eigenvalue weighted by Gasteiger charge is 2.29. The van der Waals surface area contributed by atoms with Gasteiger partial charge in [-0.25, -0.2) is 9.18 Å². The van der Waals surface area contributed by atoms with E-state index in [1.54, 1.807) is 12.1 Å². The number of nitrogens with one attached hydrogen (secondary N) is 2. The predicted octanol–water partition coefficient (Wildman–Crippen LogP) is 4.38. The topological polar surface area (TPSA) is 54.3 Å². The Morgan fingerprint density at radius 2 is 2.00 bits per heavy atom. The van der Waals surface area contributed by atoms with Crippen molar-refractivity contribution in [3.05, 3.63) is 58.8 Å². The Morgan fingerprint density at radius 1 is 1.29 bits per heavy atom. The van der Waals surface area contributed by atoms with Gasteiger partial charge in [-0.3, -0.25) is 0 Å². The molecular formula is C19H23FN2O2. The number of furan rings is 1. The molecule has 1 aromatic heterocycles. The molecule has 2 amide bonds. The molecule has 5 heteroatoms. The summed E-state index contributed by atoms with van der Waals surface area (Å²) in [5, 5.41) is 5.93. The van der Waals surface area contributed by atoms with Gasteiger partial charge in [0.15, 0.2) is 0 Å². The molecule has 128 valence electrons. The predicted molar refractivity (Wildman–Crippen MR) is 90.0 cm³/mol. The SMILES string of the molecule is Cc1cc(CNC(=O)NC(c2ccc(F)cc2)C2CCC2)c(C)o1. The summed E-state index contributed by atoms with van der Waals surface area (Å²) >= 11 is 0. The van der Waals surface area contributed by atoms with Gasteiger partial charge in [-0.1, -0.05) is 18.6 Å². The van der Waals surface area contributed by atoms with E-state index in [1.165, 1.54) is 18.6 Å². The van der Waals surface area contributed by atoms with Gasteiger partial charge in [0.1, 0.15) is 17.3 Å². The Bertz CT molecular complexity index is 705. The Hall–Kier alpha value is -2.30. The van der Waals surface area contributed by atoms with Crippen LogP contribution in [-0.4, -0.2) is 6.03 Å². The van der Waals surface area contributed by atoms with Crippen LogP contribution in [0.1, 0.15) is 48.0 Å². The number of rotatable bonds is 5. The molecular weight excluding hydrogens is 307 g/mol. The van der Waals surface area contributed by atoms with E-state index in [0.717, 1.165) is 35.5 Å². The summed E-state index contributed by atoms with van der Waals surface area (Å²) in [6.07, 6.45) is 3.35. The largest absolute Gasteiger partial charge is 0.466 e. The van der Waals surface area contributed by atoms with Crippen molar-refractivity contribution < 1.29 is 13.6 Å². The van der Waals surface area contributed by atoms with Crippen LogP contribution in [0.25, 0.3) is 0 Å². The third kappa shape index (κ3) is 3.78. The van der Waals surface area contributed by atoms with E-state index in [2.05, 4.69) is 10.6 Å². The van der Waals surface area contributed by atoms with E-state index in [1.807, 2.05) is 19.9 Å². The molecule has 0 spiro atoms. The molecule has 4 nitrogen and oxygen atoms in total. The smallest absolute Gasteiger partial charge is 0.315 e. The van der Waals surface area contributed by atoms with Crippen LogP contribution in [0, 0.1) is 25.6 Å². The Labute approximate surface area is 141 Å². The zero-order valence-electron chi connectivity index (χ0n) is 14.1. The third-order valence-corrected chi connectivity index (χ3v) is 4.72. The summed E-state index contributed by atoms with van der Waals surface area (Å²) in [6.45, 7) is 4.20. The van der Waals surface area contributed by atoms with E-state index < -0.39 is 0 Å². The van der Waals surface area contributed by atoms with E-state index in [-0.39, 0.29) is 17.9 Å². The molecule has 1 saturated carbocycles. The van der Waals surface area contributed by atoms with Crippen molar-refractivity contribution in [3.8, 4) is 0 Å². The van der Waals surface area contributed by atoms with Crippen molar-refractivity contribution in [2.75, 3.05) is 0 Å². The van der Waals surface area contributed by atoms with Gasteiger partial charge >= 0.3 is 6.03 Å². The fourth-order valence-corrected chi connectivity index (χ4v) is 3.14. The molecule has 2 N–H and O–H groups in total. The molecule has 1 unspecified atom stereocenters. The third-order valence-electron chi connectivity index (χ3n) is 4.72. The molecule has 2 aromatic rings. The monoisotopic (exact) mass is 330 g/mol. The summed E-state index contributed by atoms with van der Waals surface area (Å²) in [4.78, 5) is 12.3. The summed E-state index contributed by atoms with van der Waals surface area (Å²) in [7, 11) is 0. The lowest BCUT2D eigenvalue weighted by Crippen LogP contribution is -2.41. The average Bonchev–Trinajstić information content (AvgIpc) is 2.81.